The lowest BCUT2D eigenvalue weighted by Crippen LogP contribution is -2.44. The number of halogens is 1. The molecule has 0 aliphatic carbocycles. The maximum absolute atomic E-state index is 4.39. The Morgan fingerprint density at radius 1 is 1.11 bits per heavy atom. The summed E-state index contributed by atoms with van der Waals surface area (Å²) in [6, 6.07) is 17.8. The molecule has 28 heavy (non-hydrogen) atoms. The average molecular weight is 493 g/mol. The fraction of sp³-hybridized carbons (Fsp3) is 0.409. The summed E-state index contributed by atoms with van der Waals surface area (Å²) in [6.45, 7) is 4.97. The Labute approximate surface area is 186 Å². The first kappa shape index (κ1) is 22.3. The molecule has 2 aromatic carbocycles. The van der Waals surface area contributed by atoms with Gasteiger partial charge >= 0.3 is 0 Å². The number of nitrogens with zero attached hydrogens (tertiary/aromatic N) is 3. The Morgan fingerprint density at radius 2 is 1.79 bits per heavy atom. The van der Waals surface area contributed by atoms with Gasteiger partial charge in [0.05, 0.1) is 0 Å². The predicted octanol–water partition coefficient (Wildman–Crippen LogP) is 3.62. The van der Waals surface area contributed by atoms with Crippen LogP contribution in [0.2, 0.25) is 0 Å². The highest BCUT2D eigenvalue weighted by Gasteiger charge is 2.23. The van der Waals surface area contributed by atoms with E-state index in [1.807, 2.05) is 7.05 Å². The van der Waals surface area contributed by atoms with Crippen molar-refractivity contribution in [3.8, 4) is 0 Å². The normalized spacial score (nSPS) is 16.5. The molecule has 152 valence electrons. The highest BCUT2D eigenvalue weighted by molar-refractivity contribution is 14.0. The maximum atomic E-state index is 4.39. The van der Waals surface area contributed by atoms with Crippen molar-refractivity contribution in [2.24, 2.45) is 4.99 Å². The second-order valence-corrected chi connectivity index (χ2v) is 7.40. The van der Waals surface area contributed by atoms with E-state index in [1.165, 1.54) is 22.5 Å². The Kier molecular flexibility index (Phi) is 8.41. The molecule has 1 atom stereocenters. The Bertz CT molecular complexity index is 756. The number of aliphatic imine (C=N–C) groups is 1. The fourth-order valence-electron chi connectivity index (χ4n) is 3.35. The molecule has 6 heteroatoms. The standard InChI is InChI=1S/C22H31N5.HI/c1-17-5-9-21(10-6-17)27-14-13-19(16-27)25-22(23-2)24-15-18-7-11-20(12-8-18)26(3)4;/h5-12,19H,13-16H2,1-4H3,(H2,23,24,25);1H. The van der Waals surface area contributed by atoms with Crippen LogP contribution in [-0.4, -0.2) is 46.2 Å². The summed E-state index contributed by atoms with van der Waals surface area (Å²) >= 11 is 0. The van der Waals surface area contributed by atoms with E-state index >= 15 is 0 Å². The summed E-state index contributed by atoms with van der Waals surface area (Å²) in [4.78, 5) is 8.93. The van der Waals surface area contributed by atoms with Crippen molar-refractivity contribution < 1.29 is 0 Å². The summed E-state index contributed by atoms with van der Waals surface area (Å²) < 4.78 is 0. The molecule has 2 N–H and O–H groups in total. The molecule has 1 heterocycles. The molecule has 0 aromatic heterocycles. The molecule has 1 saturated heterocycles. The molecule has 0 radical (unpaired) electrons. The van der Waals surface area contributed by atoms with Gasteiger partial charge in [0.2, 0.25) is 0 Å². The molecule has 1 fully saturated rings. The van der Waals surface area contributed by atoms with Crippen LogP contribution >= 0.6 is 24.0 Å². The lowest BCUT2D eigenvalue weighted by atomic mass is 10.2. The van der Waals surface area contributed by atoms with Crippen LogP contribution in [0.15, 0.2) is 53.5 Å². The van der Waals surface area contributed by atoms with Gasteiger partial charge in [-0.15, -0.1) is 24.0 Å². The van der Waals surface area contributed by atoms with Gasteiger partial charge in [-0.3, -0.25) is 4.99 Å². The minimum atomic E-state index is 0. The molecule has 1 aliphatic heterocycles. The van der Waals surface area contributed by atoms with Gasteiger partial charge in [0.1, 0.15) is 0 Å². The van der Waals surface area contributed by atoms with Gasteiger partial charge in [0.15, 0.2) is 5.96 Å². The lowest BCUT2D eigenvalue weighted by Gasteiger charge is -2.20. The Hall–Kier alpha value is -1.96. The van der Waals surface area contributed by atoms with Crippen molar-refractivity contribution in [3.63, 3.8) is 0 Å². The second kappa shape index (κ2) is 10.5. The van der Waals surface area contributed by atoms with Gasteiger partial charge in [-0.25, -0.2) is 0 Å². The molecular formula is C22H32IN5. The molecule has 2 aromatic rings. The third-order valence-electron chi connectivity index (χ3n) is 5.06. The van der Waals surface area contributed by atoms with Crippen LogP contribution < -0.4 is 20.4 Å². The SMILES string of the molecule is CN=C(NCc1ccc(N(C)C)cc1)NC1CCN(c2ccc(C)cc2)C1.I. The summed E-state index contributed by atoms with van der Waals surface area (Å²) in [5.41, 5.74) is 5.06. The zero-order valence-corrected chi connectivity index (χ0v) is 19.6. The minimum absolute atomic E-state index is 0. The number of guanidine groups is 1. The molecular weight excluding hydrogens is 461 g/mol. The van der Waals surface area contributed by atoms with Gasteiger partial charge in [-0.2, -0.15) is 0 Å². The maximum Gasteiger partial charge on any atom is 0.191 e. The van der Waals surface area contributed by atoms with Crippen LogP contribution in [0.25, 0.3) is 0 Å². The van der Waals surface area contributed by atoms with Crippen LogP contribution in [0.3, 0.4) is 0 Å². The van der Waals surface area contributed by atoms with E-state index in [0.717, 1.165) is 32.0 Å². The van der Waals surface area contributed by atoms with E-state index in [2.05, 4.69) is 95.0 Å². The van der Waals surface area contributed by atoms with Crippen molar-refractivity contribution in [2.75, 3.05) is 44.0 Å². The zero-order chi connectivity index (χ0) is 19.2. The van der Waals surface area contributed by atoms with Crippen molar-refractivity contribution in [1.29, 1.82) is 0 Å². The Morgan fingerprint density at radius 3 is 2.39 bits per heavy atom. The first-order chi connectivity index (χ1) is 13.0. The van der Waals surface area contributed by atoms with E-state index in [0.29, 0.717) is 6.04 Å². The highest BCUT2D eigenvalue weighted by atomic mass is 127. The van der Waals surface area contributed by atoms with Gasteiger partial charge in [-0.05, 0) is 43.2 Å². The van der Waals surface area contributed by atoms with E-state index in [-0.39, 0.29) is 24.0 Å². The fourth-order valence-corrected chi connectivity index (χ4v) is 3.35. The molecule has 1 unspecified atom stereocenters. The molecule has 0 spiro atoms. The monoisotopic (exact) mass is 493 g/mol. The number of aryl methyl sites for hydroxylation is 1. The number of hydrogen-bond donors (Lipinski definition) is 2. The molecule has 3 rings (SSSR count). The highest BCUT2D eigenvalue weighted by Crippen LogP contribution is 2.20. The molecule has 0 amide bonds. The van der Waals surface area contributed by atoms with Crippen LogP contribution in [0, 0.1) is 6.92 Å². The third kappa shape index (κ3) is 6.02. The number of nitrogens with one attached hydrogen (secondary N) is 2. The molecule has 1 aliphatic rings. The van der Waals surface area contributed by atoms with Gasteiger partial charge < -0.3 is 20.4 Å². The molecule has 0 bridgehead atoms. The number of hydrogen-bond acceptors (Lipinski definition) is 3. The lowest BCUT2D eigenvalue weighted by molar-refractivity contribution is 0.648. The van der Waals surface area contributed by atoms with Crippen molar-refractivity contribution in [1.82, 2.24) is 10.6 Å². The van der Waals surface area contributed by atoms with Crippen LogP contribution in [0.5, 0.6) is 0 Å². The van der Waals surface area contributed by atoms with Crippen molar-refractivity contribution in [2.45, 2.75) is 25.9 Å². The van der Waals surface area contributed by atoms with Crippen LogP contribution in [0.1, 0.15) is 17.5 Å². The quantitative estimate of drug-likeness (QED) is 0.380. The van der Waals surface area contributed by atoms with E-state index in [4.69, 9.17) is 0 Å². The number of benzene rings is 2. The van der Waals surface area contributed by atoms with E-state index in [1.54, 1.807) is 0 Å². The Balaban J connectivity index is 0.00000280. The smallest absolute Gasteiger partial charge is 0.191 e. The molecule has 5 nitrogen and oxygen atoms in total. The third-order valence-corrected chi connectivity index (χ3v) is 5.06. The first-order valence-corrected chi connectivity index (χ1v) is 9.60. The summed E-state index contributed by atoms with van der Waals surface area (Å²) in [7, 11) is 5.94. The largest absolute Gasteiger partial charge is 0.378 e. The van der Waals surface area contributed by atoms with Crippen molar-refractivity contribution in [3.05, 3.63) is 59.7 Å². The van der Waals surface area contributed by atoms with Crippen LogP contribution in [-0.2, 0) is 6.54 Å². The van der Waals surface area contributed by atoms with Crippen molar-refractivity contribution >= 4 is 41.3 Å². The minimum Gasteiger partial charge on any atom is -0.378 e. The van der Waals surface area contributed by atoms with E-state index in [9.17, 15) is 0 Å². The summed E-state index contributed by atoms with van der Waals surface area (Å²) in [5.74, 6) is 0.863. The summed E-state index contributed by atoms with van der Waals surface area (Å²) in [6.07, 6.45) is 1.12. The number of rotatable bonds is 5. The van der Waals surface area contributed by atoms with Gasteiger partial charge in [-0.1, -0.05) is 29.8 Å². The number of anilines is 2. The summed E-state index contributed by atoms with van der Waals surface area (Å²) in [5, 5.41) is 7.00. The topological polar surface area (TPSA) is 42.9 Å². The van der Waals surface area contributed by atoms with Crippen LogP contribution in [0.4, 0.5) is 11.4 Å². The second-order valence-electron chi connectivity index (χ2n) is 7.40. The van der Waals surface area contributed by atoms with E-state index < -0.39 is 0 Å². The average Bonchev–Trinajstić information content (AvgIpc) is 3.14. The van der Waals surface area contributed by atoms with Gasteiger partial charge in [0.25, 0.3) is 0 Å². The predicted molar refractivity (Wildman–Crippen MR) is 131 cm³/mol. The van der Waals surface area contributed by atoms with Gasteiger partial charge in [0, 0.05) is 58.2 Å². The zero-order valence-electron chi connectivity index (χ0n) is 17.3. The molecule has 0 saturated carbocycles. The first-order valence-electron chi connectivity index (χ1n) is 9.60.